The fourth-order valence-electron chi connectivity index (χ4n) is 1.87. The number of hydrogen-bond donors (Lipinski definition) is 1. The van der Waals surface area contributed by atoms with Crippen molar-refractivity contribution >= 4 is 0 Å². The zero-order valence-electron chi connectivity index (χ0n) is 6.21. The van der Waals surface area contributed by atoms with Gasteiger partial charge in [-0.2, -0.15) is 0 Å². The maximum Gasteiger partial charge on any atom is 0 e. The molecule has 3 heteroatoms. The second-order valence-corrected chi connectivity index (χ2v) is 3.03. The van der Waals surface area contributed by atoms with Gasteiger partial charge in [0.2, 0.25) is 0 Å². The molecule has 0 aromatic rings. The van der Waals surface area contributed by atoms with E-state index in [1.165, 1.54) is 19.4 Å². The SMILES string of the molecule is C1CC2CCNC2C[N-]1.[Y]. The smallest absolute Gasteiger partial charge is 0 e. The van der Waals surface area contributed by atoms with Crippen molar-refractivity contribution in [2.45, 2.75) is 18.9 Å². The van der Waals surface area contributed by atoms with Crippen molar-refractivity contribution in [1.82, 2.24) is 5.32 Å². The molecular formula is C7H13N2Y-. The van der Waals surface area contributed by atoms with Crippen LogP contribution in [0.15, 0.2) is 0 Å². The van der Waals surface area contributed by atoms with Gasteiger partial charge in [-0.1, -0.05) is 6.42 Å². The fourth-order valence-corrected chi connectivity index (χ4v) is 1.87. The predicted molar refractivity (Wildman–Crippen MR) is 37.6 cm³/mol. The molecule has 0 aromatic heterocycles. The molecule has 0 saturated carbocycles. The summed E-state index contributed by atoms with van der Waals surface area (Å²) in [7, 11) is 0. The van der Waals surface area contributed by atoms with Crippen LogP contribution in [0.4, 0.5) is 0 Å². The van der Waals surface area contributed by atoms with Crippen LogP contribution in [0, 0.1) is 5.92 Å². The molecule has 2 nitrogen and oxygen atoms in total. The van der Waals surface area contributed by atoms with Gasteiger partial charge in [0.05, 0.1) is 0 Å². The first-order chi connectivity index (χ1) is 4.47. The molecule has 10 heavy (non-hydrogen) atoms. The molecule has 0 amide bonds. The third-order valence-electron chi connectivity index (χ3n) is 2.47. The van der Waals surface area contributed by atoms with Crippen molar-refractivity contribution < 1.29 is 32.7 Å². The van der Waals surface area contributed by atoms with E-state index in [9.17, 15) is 0 Å². The monoisotopic (exact) mass is 214 g/mol. The maximum absolute atomic E-state index is 4.36. The fraction of sp³-hybridized carbons (Fsp3) is 1.00. The minimum absolute atomic E-state index is 0. The molecule has 0 aromatic carbocycles. The zero-order valence-corrected chi connectivity index (χ0v) is 9.05. The Kier molecular flexibility index (Phi) is 3.78. The summed E-state index contributed by atoms with van der Waals surface area (Å²) in [5.74, 6) is 0.961. The number of rotatable bonds is 0. The van der Waals surface area contributed by atoms with Crippen LogP contribution in [0.3, 0.4) is 0 Å². The first-order valence-electron chi connectivity index (χ1n) is 3.83. The molecule has 1 radical (unpaired) electrons. The first-order valence-corrected chi connectivity index (χ1v) is 3.83. The van der Waals surface area contributed by atoms with Crippen LogP contribution in [0.5, 0.6) is 0 Å². The predicted octanol–water partition coefficient (Wildman–Crippen LogP) is 0.739. The van der Waals surface area contributed by atoms with Crippen LogP contribution >= 0.6 is 0 Å². The van der Waals surface area contributed by atoms with Gasteiger partial charge in [-0.25, -0.2) is 0 Å². The summed E-state index contributed by atoms with van der Waals surface area (Å²) in [6.45, 7) is 3.42. The molecule has 2 aliphatic heterocycles. The van der Waals surface area contributed by atoms with Crippen LogP contribution in [-0.4, -0.2) is 25.7 Å². The van der Waals surface area contributed by atoms with E-state index < -0.39 is 0 Å². The standard InChI is InChI=1S/C7H13N2.Y/c1-3-8-5-7-6(1)2-4-9-7;/h6-7,9H,1-5H2;/q-1;. The molecule has 2 atom stereocenters. The average molecular weight is 214 g/mol. The van der Waals surface area contributed by atoms with Crippen molar-refractivity contribution in [3.8, 4) is 0 Å². The van der Waals surface area contributed by atoms with E-state index in [2.05, 4.69) is 10.6 Å². The van der Waals surface area contributed by atoms with Crippen molar-refractivity contribution in [3.63, 3.8) is 0 Å². The Balaban J connectivity index is 0.000000500. The third-order valence-corrected chi connectivity index (χ3v) is 2.47. The van der Waals surface area contributed by atoms with Gasteiger partial charge in [0.15, 0.2) is 0 Å². The van der Waals surface area contributed by atoms with Gasteiger partial charge in [-0.05, 0) is 24.9 Å². The Hall–Kier alpha value is 1.02. The minimum Gasteiger partial charge on any atom is -0.661 e. The summed E-state index contributed by atoms with van der Waals surface area (Å²) in [6, 6.07) is 0.749. The molecule has 2 fully saturated rings. The minimum atomic E-state index is 0. The quantitative estimate of drug-likeness (QED) is 0.632. The van der Waals surface area contributed by atoms with Gasteiger partial charge in [0.1, 0.15) is 0 Å². The molecule has 0 bridgehead atoms. The van der Waals surface area contributed by atoms with Gasteiger partial charge in [-0.3, -0.25) is 0 Å². The van der Waals surface area contributed by atoms with Crippen molar-refractivity contribution in [2.75, 3.05) is 19.6 Å². The number of nitrogens with one attached hydrogen (secondary N) is 1. The second-order valence-electron chi connectivity index (χ2n) is 3.03. The van der Waals surface area contributed by atoms with E-state index in [-0.39, 0.29) is 32.7 Å². The number of nitrogens with zero attached hydrogens (tertiary/aromatic N) is 1. The number of piperidine rings is 1. The number of hydrogen-bond acceptors (Lipinski definition) is 1. The van der Waals surface area contributed by atoms with E-state index in [0.717, 1.165) is 25.0 Å². The van der Waals surface area contributed by atoms with E-state index >= 15 is 0 Å². The van der Waals surface area contributed by atoms with Gasteiger partial charge >= 0.3 is 0 Å². The molecule has 55 valence electrons. The molecule has 2 saturated heterocycles. The Morgan fingerprint density at radius 2 is 2.20 bits per heavy atom. The Morgan fingerprint density at radius 1 is 1.30 bits per heavy atom. The summed E-state index contributed by atoms with van der Waals surface area (Å²) < 4.78 is 0. The van der Waals surface area contributed by atoms with Crippen molar-refractivity contribution in [2.24, 2.45) is 5.92 Å². The zero-order chi connectivity index (χ0) is 6.10. The Morgan fingerprint density at radius 3 is 3.00 bits per heavy atom. The summed E-state index contributed by atoms with van der Waals surface area (Å²) in [5, 5.41) is 7.82. The third kappa shape index (κ3) is 1.79. The Labute approximate surface area is 87.4 Å². The first kappa shape index (κ1) is 9.11. The average Bonchev–Trinajstić information content (AvgIpc) is 2.33. The molecule has 0 spiro atoms. The molecule has 1 N–H and O–H groups in total. The van der Waals surface area contributed by atoms with Crippen LogP contribution in [0.2, 0.25) is 0 Å². The van der Waals surface area contributed by atoms with Crippen molar-refractivity contribution in [3.05, 3.63) is 5.32 Å². The summed E-state index contributed by atoms with van der Waals surface area (Å²) in [4.78, 5) is 0. The summed E-state index contributed by atoms with van der Waals surface area (Å²) in [5.41, 5.74) is 0. The Bertz CT molecular complexity index is 95.8. The molecule has 2 aliphatic rings. The maximum atomic E-state index is 4.36. The van der Waals surface area contributed by atoms with Crippen molar-refractivity contribution in [1.29, 1.82) is 0 Å². The number of fused-ring (bicyclic) bond motifs is 1. The molecule has 2 rings (SSSR count). The van der Waals surface area contributed by atoms with Crippen LogP contribution in [0.25, 0.3) is 5.32 Å². The van der Waals surface area contributed by atoms with Gasteiger partial charge in [0, 0.05) is 32.7 Å². The van der Waals surface area contributed by atoms with Gasteiger partial charge in [0.25, 0.3) is 0 Å². The topological polar surface area (TPSA) is 26.1 Å². The van der Waals surface area contributed by atoms with Crippen LogP contribution in [0.1, 0.15) is 12.8 Å². The largest absolute Gasteiger partial charge is 0.661 e. The van der Waals surface area contributed by atoms with E-state index in [1.54, 1.807) is 0 Å². The van der Waals surface area contributed by atoms with E-state index in [1.807, 2.05) is 0 Å². The summed E-state index contributed by atoms with van der Waals surface area (Å²) >= 11 is 0. The van der Waals surface area contributed by atoms with E-state index in [0.29, 0.717) is 0 Å². The van der Waals surface area contributed by atoms with Crippen LogP contribution < -0.4 is 5.32 Å². The molecule has 2 unspecified atom stereocenters. The van der Waals surface area contributed by atoms with E-state index in [4.69, 9.17) is 0 Å². The molecule has 0 aliphatic carbocycles. The molecule has 2 heterocycles. The van der Waals surface area contributed by atoms with Gasteiger partial charge in [-0.15, -0.1) is 13.1 Å². The normalized spacial score (nSPS) is 38.4. The van der Waals surface area contributed by atoms with Gasteiger partial charge < -0.3 is 10.6 Å². The molecular weight excluding hydrogens is 201 g/mol. The van der Waals surface area contributed by atoms with Crippen LogP contribution in [-0.2, 0) is 32.7 Å². The second kappa shape index (κ2) is 4.15. The summed E-state index contributed by atoms with van der Waals surface area (Å²) in [6.07, 6.45) is 2.72.